The molecule has 0 saturated carbocycles. The number of carbonyl (C=O) groups is 1. The number of likely N-dealkylation sites (tertiary alicyclic amines) is 1. The maximum atomic E-state index is 13.5. The number of benzene rings is 1. The number of fused-ring (bicyclic) bond motifs is 1. The molecule has 2 aromatic rings. The number of aliphatic hydroxyl groups is 1. The Labute approximate surface area is 167 Å². The topological polar surface area (TPSA) is 74.5 Å². The lowest BCUT2D eigenvalue weighted by molar-refractivity contribution is -0.135. The van der Waals surface area contributed by atoms with Gasteiger partial charge in [-0.3, -0.25) is 9.69 Å². The number of aliphatic hydroxyl groups excluding tert-OH is 1. The number of hydrogen-bond acceptors (Lipinski definition) is 5. The fourth-order valence-corrected chi connectivity index (χ4v) is 4.14. The summed E-state index contributed by atoms with van der Waals surface area (Å²) in [5.74, 6) is -0.376. The zero-order chi connectivity index (χ0) is 20.7. The molecule has 0 aliphatic carbocycles. The van der Waals surface area contributed by atoms with E-state index in [2.05, 4.69) is 15.1 Å². The normalized spacial score (nSPS) is 22.3. The molecule has 2 aliphatic rings. The van der Waals surface area contributed by atoms with Crippen LogP contribution in [0.2, 0.25) is 0 Å². The minimum atomic E-state index is -0.851. The van der Waals surface area contributed by atoms with Gasteiger partial charge in [-0.2, -0.15) is 0 Å². The molecule has 0 bridgehead atoms. The zero-order valence-corrected chi connectivity index (χ0v) is 16.6. The van der Waals surface area contributed by atoms with E-state index in [-0.39, 0.29) is 17.9 Å². The number of hydrogen-bond donors (Lipinski definition) is 1. The molecule has 0 radical (unpaired) electrons. The van der Waals surface area contributed by atoms with Gasteiger partial charge in [0, 0.05) is 38.5 Å². The average Bonchev–Trinajstić information content (AvgIpc) is 3.26. The highest BCUT2D eigenvalue weighted by Crippen LogP contribution is 2.33. The van der Waals surface area contributed by atoms with Crippen LogP contribution in [0.25, 0.3) is 0 Å². The molecule has 4 rings (SSSR count). The number of β-amino-alcohol motifs (C(OH)–C–C–N with tert-alkyl or cyclic N) is 1. The molecule has 7 nitrogen and oxygen atoms in total. The van der Waals surface area contributed by atoms with E-state index in [1.807, 2.05) is 18.4 Å². The fraction of sp³-hybridized carbons (Fsp3) is 0.550. The van der Waals surface area contributed by atoms with Crippen molar-refractivity contribution in [1.29, 1.82) is 0 Å². The van der Waals surface area contributed by atoms with Crippen LogP contribution in [0.3, 0.4) is 0 Å². The summed E-state index contributed by atoms with van der Waals surface area (Å²) in [6.45, 7) is 6.35. The van der Waals surface area contributed by atoms with Crippen LogP contribution in [0.1, 0.15) is 43.5 Å². The van der Waals surface area contributed by atoms with Gasteiger partial charge < -0.3 is 14.6 Å². The van der Waals surface area contributed by atoms with Gasteiger partial charge in [-0.1, -0.05) is 19.9 Å². The Morgan fingerprint density at radius 1 is 1.24 bits per heavy atom. The van der Waals surface area contributed by atoms with E-state index in [4.69, 9.17) is 0 Å². The van der Waals surface area contributed by atoms with Crippen LogP contribution < -0.4 is 0 Å². The molecule has 0 unspecified atom stereocenters. The van der Waals surface area contributed by atoms with Crippen LogP contribution in [0, 0.1) is 17.6 Å². The van der Waals surface area contributed by atoms with Gasteiger partial charge in [0.2, 0.25) is 5.91 Å². The lowest BCUT2D eigenvalue weighted by Gasteiger charge is -2.30. The van der Waals surface area contributed by atoms with Gasteiger partial charge in [0.25, 0.3) is 0 Å². The molecule has 1 aromatic heterocycles. The Morgan fingerprint density at radius 2 is 2.03 bits per heavy atom. The molecule has 9 heteroatoms. The van der Waals surface area contributed by atoms with Gasteiger partial charge in [-0.25, -0.2) is 8.78 Å². The third-order valence-corrected chi connectivity index (χ3v) is 5.61. The van der Waals surface area contributed by atoms with Crippen molar-refractivity contribution in [3.63, 3.8) is 0 Å². The molecule has 1 N–H and O–H groups in total. The first-order valence-electron chi connectivity index (χ1n) is 9.90. The van der Waals surface area contributed by atoms with Crippen LogP contribution in [0.4, 0.5) is 8.78 Å². The van der Waals surface area contributed by atoms with Gasteiger partial charge in [0.15, 0.2) is 17.5 Å². The van der Waals surface area contributed by atoms with E-state index in [9.17, 15) is 18.7 Å². The van der Waals surface area contributed by atoms with Gasteiger partial charge >= 0.3 is 0 Å². The van der Waals surface area contributed by atoms with Crippen LogP contribution >= 0.6 is 0 Å². The molecule has 2 atom stereocenters. The minimum Gasteiger partial charge on any atom is -0.391 e. The standard InChI is InChI=1S/C20H25F2N5O2/c1-12(2)20(29)27-10-14(28)8-17(27)19-24-23-18-11-25(5-6-26(18)19)9-13-3-4-15(21)16(22)7-13/h3-4,7,12,14,17,28H,5-6,8-11H2,1-2H3/t14-,17+/m1/s1. The Morgan fingerprint density at radius 3 is 2.76 bits per heavy atom. The Kier molecular flexibility index (Phi) is 5.35. The summed E-state index contributed by atoms with van der Waals surface area (Å²) >= 11 is 0. The molecular formula is C20H25F2N5O2. The largest absolute Gasteiger partial charge is 0.391 e. The summed E-state index contributed by atoms with van der Waals surface area (Å²) in [5.41, 5.74) is 0.699. The number of carbonyl (C=O) groups excluding carboxylic acids is 1. The van der Waals surface area contributed by atoms with Gasteiger partial charge in [-0.05, 0) is 17.7 Å². The van der Waals surface area contributed by atoms with Crippen molar-refractivity contribution < 1.29 is 18.7 Å². The van der Waals surface area contributed by atoms with E-state index in [0.717, 1.165) is 11.9 Å². The quantitative estimate of drug-likeness (QED) is 0.841. The molecule has 1 fully saturated rings. The van der Waals surface area contributed by atoms with E-state index >= 15 is 0 Å². The Hall–Kier alpha value is -2.39. The number of aromatic nitrogens is 3. The first-order valence-corrected chi connectivity index (χ1v) is 9.90. The van der Waals surface area contributed by atoms with E-state index in [0.29, 0.717) is 50.5 Å². The molecule has 29 heavy (non-hydrogen) atoms. The first kappa shape index (κ1) is 19.9. The van der Waals surface area contributed by atoms with Gasteiger partial charge in [0.05, 0.1) is 18.7 Å². The van der Waals surface area contributed by atoms with Crippen molar-refractivity contribution in [2.75, 3.05) is 13.1 Å². The maximum Gasteiger partial charge on any atom is 0.225 e. The summed E-state index contributed by atoms with van der Waals surface area (Å²) in [6, 6.07) is 3.66. The zero-order valence-electron chi connectivity index (χ0n) is 16.6. The number of amides is 1. The molecule has 2 aliphatic heterocycles. The molecule has 3 heterocycles. The second-order valence-corrected chi connectivity index (χ2v) is 8.14. The lowest BCUT2D eigenvalue weighted by Crippen LogP contribution is -2.38. The van der Waals surface area contributed by atoms with Crippen molar-refractivity contribution in [3.05, 3.63) is 47.0 Å². The summed E-state index contributed by atoms with van der Waals surface area (Å²) in [4.78, 5) is 16.4. The average molecular weight is 405 g/mol. The molecule has 0 spiro atoms. The third-order valence-electron chi connectivity index (χ3n) is 5.61. The SMILES string of the molecule is CC(C)C(=O)N1C[C@H](O)C[C@H]1c1nnc2n1CCN(Cc1ccc(F)c(F)c1)C2. The molecule has 1 amide bonds. The van der Waals surface area contributed by atoms with Crippen molar-refractivity contribution in [2.24, 2.45) is 5.92 Å². The summed E-state index contributed by atoms with van der Waals surface area (Å²) in [7, 11) is 0. The lowest BCUT2D eigenvalue weighted by atomic mass is 10.1. The van der Waals surface area contributed by atoms with E-state index in [1.54, 1.807) is 11.0 Å². The number of rotatable bonds is 4. The second kappa shape index (κ2) is 7.79. The molecule has 156 valence electrons. The van der Waals surface area contributed by atoms with Crippen molar-refractivity contribution in [2.45, 2.75) is 52.0 Å². The van der Waals surface area contributed by atoms with Crippen LogP contribution in [-0.4, -0.2) is 54.8 Å². The minimum absolute atomic E-state index is 0.000303. The van der Waals surface area contributed by atoms with Crippen molar-refractivity contribution in [3.8, 4) is 0 Å². The van der Waals surface area contributed by atoms with E-state index < -0.39 is 17.7 Å². The highest BCUT2D eigenvalue weighted by molar-refractivity contribution is 5.78. The third kappa shape index (κ3) is 3.89. The predicted molar refractivity (Wildman–Crippen MR) is 100 cm³/mol. The Balaban J connectivity index is 1.50. The summed E-state index contributed by atoms with van der Waals surface area (Å²) in [5, 5.41) is 18.8. The first-order chi connectivity index (χ1) is 13.8. The number of nitrogens with zero attached hydrogens (tertiary/aromatic N) is 5. The van der Waals surface area contributed by atoms with Crippen molar-refractivity contribution in [1.82, 2.24) is 24.6 Å². The van der Waals surface area contributed by atoms with Gasteiger partial charge in [0.1, 0.15) is 5.82 Å². The monoisotopic (exact) mass is 405 g/mol. The van der Waals surface area contributed by atoms with Crippen molar-refractivity contribution >= 4 is 5.91 Å². The smallest absolute Gasteiger partial charge is 0.225 e. The molecule has 1 saturated heterocycles. The summed E-state index contributed by atoms with van der Waals surface area (Å²) in [6.07, 6.45) is -0.112. The molecule has 1 aromatic carbocycles. The predicted octanol–water partition coefficient (Wildman–Crippen LogP) is 1.86. The van der Waals surface area contributed by atoms with Crippen LogP contribution in [0.15, 0.2) is 18.2 Å². The fourth-order valence-electron chi connectivity index (χ4n) is 4.14. The number of halogens is 2. The van der Waals surface area contributed by atoms with Gasteiger partial charge in [-0.15, -0.1) is 10.2 Å². The maximum absolute atomic E-state index is 13.5. The Bertz CT molecular complexity index is 916. The molecular weight excluding hydrogens is 380 g/mol. The second-order valence-electron chi connectivity index (χ2n) is 8.14. The highest BCUT2D eigenvalue weighted by atomic mass is 19.2. The highest BCUT2D eigenvalue weighted by Gasteiger charge is 2.39. The summed E-state index contributed by atoms with van der Waals surface area (Å²) < 4.78 is 28.6. The van der Waals surface area contributed by atoms with Crippen LogP contribution in [-0.2, 0) is 24.4 Å². The van der Waals surface area contributed by atoms with E-state index in [1.165, 1.54) is 6.07 Å². The van der Waals surface area contributed by atoms with Crippen LogP contribution in [0.5, 0.6) is 0 Å².